The number of urea groups is 1. The van der Waals surface area contributed by atoms with Crippen molar-refractivity contribution in [2.24, 2.45) is 5.92 Å². The largest absolute Gasteiger partial charge is 0.322 e. The molecule has 3 rings (SSSR count). The van der Waals surface area contributed by atoms with Crippen molar-refractivity contribution in [3.05, 3.63) is 29.8 Å². The van der Waals surface area contributed by atoms with Gasteiger partial charge in [0.15, 0.2) is 5.78 Å². The predicted molar refractivity (Wildman–Crippen MR) is 91.8 cm³/mol. The van der Waals surface area contributed by atoms with Crippen molar-refractivity contribution >= 4 is 17.5 Å². The van der Waals surface area contributed by atoms with E-state index < -0.39 is 0 Å². The third-order valence-electron chi connectivity index (χ3n) is 5.27. The molecule has 4 heteroatoms. The van der Waals surface area contributed by atoms with E-state index in [1.165, 1.54) is 32.1 Å². The molecule has 0 radical (unpaired) electrons. The third-order valence-corrected chi connectivity index (χ3v) is 5.27. The Hall–Kier alpha value is -1.84. The van der Waals surface area contributed by atoms with E-state index >= 15 is 0 Å². The monoisotopic (exact) mass is 314 g/mol. The van der Waals surface area contributed by atoms with E-state index in [0.29, 0.717) is 23.2 Å². The van der Waals surface area contributed by atoms with E-state index in [-0.39, 0.29) is 11.8 Å². The highest BCUT2D eigenvalue weighted by Gasteiger charge is 2.35. The van der Waals surface area contributed by atoms with E-state index in [1.54, 1.807) is 19.1 Å². The molecule has 124 valence electrons. The average Bonchev–Trinajstić information content (AvgIpc) is 3.05. The van der Waals surface area contributed by atoms with Crippen LogP contribution in [0.1, 0.15) is 62.2 Å². The SMILES string of the molecule is CC(=O)c1cccc(NC(=O)N2CCCC2C2CCCCC2)c1. The molecule has 1 aromatic rings. The number of carbonyl (C=O) groups excluding carboxylic acids is 2. The van der Waals surface area contributed by atoms with Crippen LogP contribution in [-0.2, 0) is 0 Å². The standard InChI is InChI=1S/C19H26N2O2/c1-14(22)16-9-5-10-17(13-16)20-19(23)21-12-6-11-18(21)15-7-3-2-4-8-15/h5,9-10,13,15,18H,2-4,6-8,11-12H2,1H3,(H,20,23). The van der Waals surface area contributed by atoms with Crippen LogP contribution < -0.4 is 5.32 Å². The Balaban J connectivity index is 1.67. The molecule has 2 amide bonds. The maximum Gasteiger partial charge on any atom is 0.322 e. The van der Waals surface area contributed by atoms with E-state index in [2.05, 4.69) is 5.32 Å². The van der Waals surface area contributed by atoms with Gasteiger partial charge in [0.2, 0.25) is 0 Å². The normalized spacial score (nSPS) is 22.1. The summed E-state index contributed by atoms with van der Waals surface area (Å²) in [5.41, 5.74) is 1.34. The Bertz CT molecular complexity index is 578. The lowest BCUT2D eigenvalue weighted by Crippen LogP contribution is -2.43. The van der Waals surface area contributed by atoms with Crippen LogP contribution in [0.2, 0.25) is 0 Å². The van der Waals surface area contributed by atoms with Crippen molar-refractivity contribution in [2.45, 2.75) is 57.9 Å². The van der Waals surface area contributed by atoms with Crippen LogP contribution in [0.3, 0.4) is 0 Å². The summed E-state index contributed by atoms with van der Waals surface area (Å²) in [6.07, 6.45) is 8.69. The Labute approximate surface area is 138 Å². The van der Waals surface area contributed by atoms with Gasteiger partial charge < -0.3 is 10.2 Å². The number of nitrogens with zero attached hydrogens (tertiary/aromatic N) is 1. The summed E-state index contributed by atoms with van der Waals surface area (Å²) in [7, 11) is 0. The van der Waals surface area contributed by atoms with Gasteiger partial charge in [0.25, 0.3) is 0 Å². The van der Waals surface area contributed by atoms with Crippen LogP contribution in [0.5, 0.6) is 0 Å². The van der Waals surface area contributed by atoms with Gasteiger partial charge in [-0.15, -0.1) is 0 Å². The molecule has 1 heterocycles. The highest BCUT2D eigenvalue weighted by Crippen LogP contribution is 2.34. The van der Waals surface area contributed by atoms with E-state index in [0.717, 1.165) is 19.4 Å². The van der Waals surface area contributed by atoms with Crippen molar-refractivity contribution in [3.8, 4) is 0 Å². The quantitative estimate of drug-likeness (QED) is 0.837. The molecule has 0 spiro atoms. The lowest BCUT2D eigenvalue weighted by molar-refractivity contribution is 0.101. The number of benzene rings is 1. The zero-order valence-corrected chi connectivity index (χ0v) is 13.9. The first-order chi connectivity index (χ1) is 11.1. The molecule has 1 atom stereocenters. The molecule has 1 saturated carbocycles. The fourth-order valence-corrected chi connectivity index (χ4v) is 4.06. The molecular formula is C19H26N2O2. The Morgan fingerprint density at radius 2 is 1.87 bits per heavy atom. The first kappa shape index (κ1) is 16.0. The lowest BCUT2D eigenvalue weighted by Gasteiger charge is -2.34. The van der Waals surface area contributed by atoms with Crippen molar-refractivity contribution in [3.63, 3.8) is 0 Å². The van der Waals surface area contributed by atoms with Gasteiger partial charge in [-0.3, -0.25) is 4.79 Å². The highest BCUT2D eigenvalue weighted by atomic mass is 16.2. The lowest BCUT2D eigenvalue weighted by atomic mass is 9.83. The minimum Gasteiger partial charge on any atom is -0.321 e. The fourth-order valence-electron chi connectivity index (χ4n) is 4.06. The number of nitrogens with one attached hydrogen (secondary N) is 1. The summed E-state index contributed by atoms with van der Waals surface area (Å²) in [6.45, 7) is 2.39. The molecule has 2 aliphatic rings. The van der Waals surface area contributed by atoms with Crippen LogP contribution in [-0.4, -0.2) is 29.3 Å². The van der Waals surface area contributed by atoms with Gasteiger partial charge in [0.1, 0.15) is 0 Å². The van der Waals surface area contributed by atoms with Crippen molar-refractivity contribution in [1.82, 2.24) is 4.90 Å². The zero-order chi connectivity index (χ0) is 16.2. The summed E-state index contributed by atoms with van der Waals surface area (Å²) in [5.74, 6) is 0.683. The number of Topliss-reactive ketones (excluding diaryl/α,β-unsaturated/α-hetero) is 1. The number of rotatable bonds is 3. The molecule has 1 aliphatic carbocycles. The van der Waals surface area contributed by atoms with Gasteiger partial charge in [0.05, 0.1) is 0 Å². The van der Waals surface area contributed by atoms with E-state index in [1.807, 2.05) is 17.0 Å². The second kappa shape index (κ2) is 7.16. The smallest absolute Gasteiger partial charge is 0.321 e. The molecule has 1 N–H and O–H groups in total. The minimum atomic E-state index is -0.0150. The summed E-state index contributed by atoms with van der Waals surface area (Å²) >= 11 is 0. The van der Waals surface area contributed by atoms with Gasteiger partial charge in [0, 0.05) is 23.8 Å². The number of anilines is 1. The molecule has 1 unspecified atom stereocenters. The van der Waals surface area contributed by atoms with E-state index in [9.17, 15) is 9.59 Å². The van der Waals surface area contributed by atoms with Gasteiger partial charge in [-0.25, -0.2) is 4.79 Å². The fraction of sp³-hybridized carbons (Fsp3) is 0.579. The van der Waals surface area contributed by atoms with Gasteiger partial charge >= 0.3 is 6.03 Å². The summed E-state index contributed by atoms with van der Waals surface area (Å²) in [6, 6.07) is 7.57. The number of carbonyl (C=O) groups is 2. The zero-order valence-electron chi connectivity index (χ0n) is 13.9. The Morgan fingerprint density at radius 1 is 1.09 bits per heavy atom. The molecule has 0 bridgehead atoms. The molecule has 1 saturated heterocycles. The highest BCUT2D eigenvalue weighted by molar-refractivity contribution is 5.96. The minimum absolute atomic E-state index is 0.0150. The van der Waals surface area contributed by atoms with Crippen LogP contribution in [0.4, 0.5) is 10.5 Å². The first-order valence-electron chi connectivity index (χ1n) is 8.84. The second-order valence-corrected chi connectivity index (χ2v) is 6.87. The van der Waals surface area contributed by atoms with Gasteiger partial charge in [-0.05, 0) is 50.7 Å². The van der Waals surface area contributed by atoms with Crippen molar-refractivity contribution in [1.29, 1.82) is 0 Å². The molecule has 2 fully saturated rings. The van der Waals surface area contributed by atoms with Gasteiger partial charge in [-0.2, -0.15) is 0 Å². The number of hydrogen-bond acceptors (Lipinski definition) is 2. The topological polar surface area (TPSA) is 49.4 Å². The maximum atomic E-state index is 12.7. The van der Waals surface area contributed by atoms with Crippen molar-refractivity contribution < 1.29 is 9.59 Å². The Kier molecular flexibility index (Phi) is 4.99. The number of likely N-dealkylation sites (tertiary alicyclic amines) is 1. The van der Waals surface area contributed by atoms with Crippen LogP contribution in [0.15, 0.2) is 24.3 Å². The number of amides is 2. The first-order valence-corrected chi connectivity index (χ1v) is 8.84. The summed E-state index contributed by atoms with van der Waals surface area (Å²) in [4.78, 5) is 26.2. The molecular weight excluding hydrogens is 288 g/mol. The van der Waals surface area contributed by atoms with E-state index in [4.69, 9.17) is 0 Å². The number of hydrogen-bond donors (Lipinski definition) is 1. The van der Waals surface area contributed by atoms with Crippen LogP contribution in [0.25, 0.3) is 0 Å². The van der Waals surface area contributed by atoms with Crippen LogP contribution >= 0.6 is 0 Å². The average molecular weight is 314 g/mol. The molecule has 1 aromatic carbocycles. The maximum absolute atomic E-state index is 12.7. The summed E-state index contributed by atoms with van der Waals surface area (Å²) in [5, 5.41) is 2.98. The third kappa shape index (κ3) is 3.74. The molecule has 1 aliphatic heterocycles. The van der Waals surface area contributed by atoms with Gasteiger partial charge in [-0.1, -0.05) is 31.4 Å². The molecule has 23 heavy (non-hydrogen) atoms. The number of ketones is 1. The van der Waals surface area contributed by atoms with Crippen LogP contribution in [0, 0.1) is 5.92 Å². The predicted octanol–water partition coefficient (Wildman–Crippen LogP) is 4.47. The molecule has 0 aromatic heterocycles. The Morgan fingerprint density at radius 3 is 2.61 bits per heavy atom. The van der Waals surface area contributed by atoms with Crippen molar-refractivity contribution in [2.75, 3.05) is 11.9 Å². The summed E-state index contributed by atoms with van der Waals surface area (Å²) < 4.78 is 0. The second-order valence-electron chi connectivity index (χ2n) is 6.87. The molecule has 4 nitrogen and oxygen atoms in total.